The fourth-order valence-corrected chi connectivity index (χ4v) is 2.71. The number of Topliss-reactive ketones (excluding diaryl/α,β-unsaturated/α-hetero) is 1. The maximum Gasteiger partial charge on any atom is 0.303 e. The van der Waals surface area contributed by atoms with Crippen LogP contribution in [0.1, 0.15) is 54.1 Å². The van der Waals surface area contributed by atoms with E-state index in [1.807, 2.05) is 19.1 Å². The zero-order chi connectivity index (χ0) is 13.8. The summed E-state index contributed by atoms with van der Waals surface area (Å²) < 4.78 is 0. The highest BCUT2D eigenvalue weighted by atomic mass is 16.4. The van der Waals surface area contributed by atoms with Crippen LogP contribution in [0.15, 0.2) is 18.2 Å². The Morgan fingerprint density at radius 1 is 1.16 bits per heavy atom. The molecule has 3 heteroatoms. The standard InChI is InChI=1S/C16H20O3/c1-11(9-16(18)19)8-15(17)14-7-6-12-4-2-3-5-13(12)10-14/h6-7,10-11H,2-5,8-9H2,1H3,(H,18,19). The Kier molecular flexibility index (Phi) is 4.35. The Balaban J connectivity index is 2.05. The number of ketones is 1. The molecule has 0 spiro atoms. The molecular formula is C16H20O3. The molecule has 1 N–H and O–H groups in total. The second-order valence-corrected chi connectivity index (χ2v) is 5.52. The number of fused-ring (bicyclic) bond motifs is 1. The predicted octanol–water partition coefficient (Wildman–Crippen LogP) is 3.25. The summed E-state index contributed by atoms with van der Waals surface area (Å²) in [5.74, 6) is -0.895. The molecule has 0 saturated carbocycles. The lowest BCUT2D eigenvalue weighted by molar-refractivity contribution is -0.137. The van der Waals surface area contributed by atoms with Gasteiger partial charge in [0.2, 0.25) is 0 Å². The summed E-state index contributed by atoms with van der Waals surface area (Å²) in [4.78, 5) is 22.7. The van der Waals surface area contributed by atoms with Crippen LogP contribution in [0.25, 0.3) is 0 Å². The third kappa shape index (κ3) is 3.66. The van der Waals surface area contributed by atoms with Crippen LogP contribution in [0.2, 0.25) is 0 Å². The minimum atomic E-state index is -0.842. The van der Waals surface area contributed by atoms with Gasteiger partial charge in [-0.25, -0.2) is 0 Å². The van der Waals surface area contributed by atoms with Crippen LogP contribution in [0, 0.1) is 5.92 Å². The number of carboxylic acid groups (broad SMARTS) is 1. The van der Waals surface area contributed by atoms with Crippen molar-refractivity contribution in [3.8, 4) is 0 Å². The zero-order valence-corrected chi connectivity index (χ0v) is 11.3. The average molecular weight is 260 g/mol. The van der Waals surface area contributed by atoms with E-state index in [1.165, 1.54) is 24.0 Å². The highest BCUT2D eigenvalue weighted by Gasteiger charge is 2.16. The van der Waals surface area contributed by atoms with Crippen LogP contribution in [-0.2, 0) is 17.6 Å². The first-order valence-electron chi connectivity index (χ1n) is 6.93. The van der Waals surface area contributed by atoms with E-state index in [9.17, 15) is 9.59 Å². The van der Waals surface area contributed by atoms with Gasteiger partial charge in [0.05, 0.1) is 0 Å². The van der Waals surface area contributed by atoms with E-state index < -0.39 is 5.97 Å². The molecule has 0 fully saturated rings. The van der Waals surface area contributed by atoms with Crippen molar-refractivity contribution in [2.24, 2.45) is 5.92 Å². The fourth-order valence-electron chi connectivity index (χ4n) is 2.71. The SMILES string of the molecule is CC(CC(=O)O)CC(=O)c1ccc2c(c1)CCCC2. The van der Waals surface area contributed by atoms with Gasteiger partial charge in [-0.1, -0.05) is 19.1 Å². The van der Waals surface area contributed by atoms with E-state index in [0.29, 0.717) is 6.42 Å². The van der Waals surface area contributed by atoms with E-state index >= 15 is 0 Å². The molecule has 0 heterocycles. The number of carboxylic acids is 1. The lowest BCUT2D eigenvalue weighted by atomic mass is 9.88. The maximum absolute atomic E-state index is 12.1. The quantitative estimate of drug-likeness (QED) is 0.827. The average Bonchev–Trinajstić information content (AvgIpc) is 2.37. The topological polar surface area (TPSA) is 54.4 Å². The van der Waals surface area contributed by atoms with Crippen molar-refractivity contribution in [1.29, 1.82) is 0 Å². The minimum absolute atomic E-state index is 0.0523. The first kappa shape index (κ1) is 13.8. The van der Waals surface area contributed by atoms with Gasteiger partial charge in [-0.15, -0.1) is 0 Å². The molecule has 0 aliphatic heterocycles. The largest absolute Gasteiger partial charge is 0.481 e. The normalized spacial score (nSPS) is 15.6. The van der Waals surface area contributed by atoms with Gasteiger partial charge in [-0.3, -0.25) is 9.59 Å². The van der Waals surface area contributed by atoms with Crippen LogP contribution < -0.4 is 0 Å². The molecule has 1 aromatic rings. The van der Waals surface area contributed by atoms with E-state index in [0.717, 1.165) is 18.4 Å². The first-order chi connectivity index (χ1) is 9.06. The molecule has 0 saturated heterocycles. The number of rotatable bonds is 5. The fraction of sp³-hybridized carbons (Fsp3) is 0.500. The Bertz CT molecular complexity index is 491. The lowest BCUT2D eigenvalue weighted by Gasteiger charge is -2.16. The van der Waals surface area contributed by atoms with Crippen molar-refractivity contribution >= 4 is 11.8 Å². The summed E-state index contributed by atoms with van der Waals surface area (Å²) in [6, 6.07) is 5.95. The van der Waals surface area contributed by atoms with E-state index in [1.54, 1.807) is 0 Å². The van der Waals surface area contributed by atoms with Crippen molar-refractivity contribution < 1.29 is 14.7 Å². The Hall–Kier alpha value is -1.64. The van der Waals surface area contributed by atoms with Crippen LogP contribution in [0.4, 0.5) is 0 Å². The molecule has 1 atom stereocenters. The molecule has 1 aliphatic rings. The lowest BCUT2D eigenvalue weighted by Crippen LogP contribution is -2.11. The van der Waals surface area contributed by atoms with Crippen molar-refractivity contribution in [2.75, 3.05) is 0 Å². The summed E-state index contributed by atoms with van der Waals surface area (Å²) in [7, 11) is 0. The second-order valence-electron chi connectivity index (χ2n) is 5.52. The smallest absolute Gasteiger partial charge is 0.303 e. The number of benzene rings is 1. The summed E-state index contributed by atoms with van der Waals surface area (Å²) in [5, 5.41) is 8.71. The van der Waals surface area contributed by atoms with Crippen molar-refractivity contribution in [3.05, 3.63) is 34.9 Å². The number of hydrogen-bond donors (Lipinski definition) is 1. The van der Waals surface area contributed by atoms with Gasteiger partial charge in [0.15, 0.2) is 5.78 Å². The van der Waals surface area contributed by atoms with Gasteiger partial charge in [0, 0.05) is 18.4 Å². The van der Waals surface area contributed by atoms with Crippen molar-refractivity contribution in [3.63, 3.8) is 0 Å². The summed E-state index contributed by atoms with van der Waals surface area (Å²) in [6.45, 7) is 1.81. The number of hydrogen-bond acceptors (Lipinski definition) is 2. The summed E-state index contributed by atoms with van der Waals surface area (Å²) in [6.07, 6.45) is 4.96. The molecule has 19 heavy (non-hydrogen) atoms. The number of aliphatic carboxylic acids is 1. The molecule has 1 unspecified atom stereocenters. The number of carbonyl (C=O) groups excluding carboxylic acids is 1. The second kappa shape index (κ2) is 6.00. The number of aryl methyl sites for hydroxylation is 2. The molecule has 0 amide bonds. The van der Waals surface area contributed by atoms with Crippen molar-refractivity contribution in [2.45, 2.75) is 45.4 Å². The van der Waals surface area contributed by atoms with Crippen LogP contribution in [0.3, 0.4) is 0 Å². The summed E-state index contributed by atoms with van der Waals surface area (Å²) in [5.41, 5.74) is 3.39. The summed E-state index contributed by atoms with van der Waals surface area (Å²) >= 11 is 0. The molecular weight excluding hydrogens is 240 g/mol. The van der Waals surface area contributed by atoms with Gasteiger partial charge >= 0.3 is 5.97 Å². The first-order valence-corrected chi connectivity index (χ1v) is 6.93. The molecule has 2 rings (SSSR count). The van der Waals surface area contributed by atoms with Gasteiger partial charge in [-0.2, -0.15) is 0 Å². The third-order valence-electron chi connectivity index (χ3n) is 3.73. The monoisotopic (exact) mass is 260 g/mol. The molecule has 1 aliphatic carbocycles. The van der Waals surface area contributed by atoms with Gasteiger partial charge in [-0.05, 0) is 48.8 Å². The molecule has 0 bridgehead atoms. The molecule has 0 radical (unpaired) electrons. The third-order valence-corrected chi connectivity index (χ3v) is 3.73. The molecule has 1 aromatic carbocycles. The molecule has 3 nitrogen and oxygen atoms in total. The Morgan fingerprint density at radius 3 is 2.53 bits per heavy atom. The Labute approximate surface area is 113 Å². The van der Waals surface area contributed by atoms with Crippen molar-refractivity contribution in [1.82, 2.24) is 0 Å². The van der Waals surface area contributed by atoms with Gasteiger partial charge in [0.1, 0.15) is 0 Å². The van der Waals surface area contributed by atoms with E-state index in [4.69, 9.17) is 5.11 Å². The Morgan fingerprint density at radius 2 is 1.84 bits per heavy atom. The maximum atomic E-state index is 12.1. The van der Waals surface area contributed by atoms with Crippen LogP contribution >= 0.6 is 0 Å². The van der Waals surface area contributed by atoms with Crippen LogP contribution in [-0.4, -0.2) is 16.9 Å². The highest BCUT2D eigenvalue weighted by molar-refractivity contribution is 5.96. The van der Waals surface area contributed by atoms with Crippen LogP contribution in [0.5, 0.6) is 0 Å². The number of carbonyl (C=O) groups is 2. The highest BCUT2D eigenvalue weighted by Crippen LogP contribution is 2.23. The zero-order valence-electron chi connectivity index (χ0n) is 11.3. The van der Waals surface area contributed by atoms with E-state index in [2.05, 4.69) is 6.07 Å². The van der Waals surface area contributed by atoms with Gasteiger partial charge < -0.3 is 5.11 Å². The molecule has 0 aromatic heterocycles. The minimum Gasteiger partial charge on any atom is -0.481 e. The predicted molar refractivity (Wildman–Crippen MR) is 73.4 cm³/mol. The van der Waals surface area contributed by atoms with Gasteiger partial charge in [0.25, 0.3) is 0 Å². The molecule has 102 valence electrons. The van der Waals surface area contributed by atoms with E-state index in [-0.39, 0.29) is 18.1 Å².